The monoisotopic (exact) mass is 458 g/mol. The molecule has 2 aliphatic rings. The van der Waals surface area contributed by atoms with Gasteiger partial charge in [0.1, 0.15) is 0 Å². The van der Waals surface area contributed by atoms with Gasteiger partial charge in [0, 0.05) is 0 Å². The summed E-state index contributed by atoms with van der Waals surface area (Å²) >= 11 is 0. The molecular weight excluding hydrogens is 426 g/mol. The van der Waals surface area contributed by atoms with Crippen LogP contribution in [0.3, 0.4) is 0 Å². The maximum Gasteiger partial charge on any atom is 4.00 e. The zero-order chi connectivity index (χ0) is 16.2. The fraction of sp³-hybridized carbons (Fsp3) is 0.636. The molecule has 0 radical (unpaired) electrons. The molecule has 0 saturated heterocycles. The first kappa shape index (κ1) is 30.2. The largest absolute Gasteiger partial charge is 4.00 e. The minimum Gasteiger partial charge on any atom is -1.00 e. The third-order valence-electron chi connectivity index (χ3n) is 4.32. The van der Waals surface area contributed by atoms with Gasteiger partial charge in [-0.1, -0.05) is 91.9 Å². The molecule has 0 saturated carbocycles. The van der Waals surface area contributed by atoms with Crippen molar-refractivity contribution in [2.75, 3.05) is 0 Å². The Labute approximate surface area is 188 Å². The molecule has 0 aliphatic heterocycles. The van der Waals surface area contributed by atoms with Gasteiger partial charge in [0.15, 0.2) is 0 Å². The van der Waals surface area contributed by atoms with Crippen LogP contribution in [0.15, 0.2) is 34.4 Å². The molecule has 0 nitrogen and oxygen atoms in total. The van der Waals surface area contributed by atoms with Crippen molar-refractivity contribution >= 4 is 0 Å². The Balaban J connectivity index is -0.000000346. The molecule has 3 heteroatoms. The molecule has 140 valence electrons. The summed E-state index contributed by atoms with van der Waals surface area (Å²) in [6.07, 6.45) is 23.9. The summed E-state index contributed by atoms with van der Waals surface area (Å²) < 4.78 is 0. The Hall–Kier alpha value is 0.423. The van der Waals surface area contributed by atoms with E-state index in [0.717, 1.165) is 12.8 Å². The molecule has 0 bridgehead atoms. The van der Waals surface area contributed by atoms with E-state index < -0.39 is 0 Å². The second kappa shape index (κ2) is 19.2. The number of hydrogen-bond acceptors (Lipinski definition) is 0. The fourth-order valence-electron chi connectivity index (χ4n) is 2.68. The third kappa shape index (κ3) is 13.3. The van der Waals surface area contributed by atoms with E-state index in [0.29, 0.717) is 0 Å². The molecule has 2 rings (SSSR count). The van der Waals surface area contributed by atoms with E-state index in [1.54, 1.807) is 0 Å². The first-order valence-electron chi connectivity index (χ1n) is 9.34. The summed E-state index contributed by atoms with van der Waals surface area (Å²) in [5.41, 5.74) is 5.86. The Bertz CT molecular complexity index is 403. The molecule has 0 spiro atoms. The third-order valence-corrected chi connectivity index (χ3v) is 4.32. The van der Waals surface area contributed by atoms with Crippen LogP contribution in [0.2, 0.25) is 0 Å². The molecule has 2 aliphatic carbocycles. The van der Waals surface area contributed by atoms with Crippen LogP contribution in [-0.2, 0) is 26.2 Å². The van der Waals surface area contributed by atoms with E-state index >= 15 is 0 Å². The normalized spacial score (nSPS) is 14.6. The van der Waals surface area contributed by atoms with E-state index in [1.807, 2.05) is 0 Å². The van der Waals surface area contributed by atoms with Gasteiger partial charge < -0.3 is 24.8 Å². The summed E-state index contributed by atoms with van der Waals surface area (Å²) in [6.45, 7) is 8.89. The van der Waals surface area contributed by atoms with Gasteiger partial charge in [0.2, 0.25) is 0 Å². The number of unbranched alkanes of at least 4 members (excludes halogenated alkanes) is 2. The van der Waals surface area contributed by atoms with Crippen molar-refractivity contribution in [3.05, 3.63) is 46.6 Å². The number of allylic oxidation sites excluding steroid dienone is 8. The molecule has 0 aromatic carbocycles. The van der Waals surface area contributed by atoms with Gasteiger partial charge in [-0.05, 0) is 0 Å². The number of rotatable bonds is 8. The van der Waals surface area contributed by atoms with Crippen molar-refractivity contribution in [2.45, 2.75) is 91.9 Å². The zero-order valence-electron chi connectivity index (χ0n) is 16.5. The maximum atomic E-state index is 3.45. The van der Waals surface area contributed by atoms with E-state index in [-0.39, 0.29) is 51.0 Å². The second-order valence-electron chi connectivity index (χ2n) is 6.24. The molecule has 0 aromatic heterocycles. The molecular formula is C22H34Cl2Zr. The van der Waals surface area contributed by atoms with Crippen molar-refractivity contribution < 1.29 is 51.0 Å². The van der Waals surface area contributed by atoms with Gasteiger partial charge in [0.05, 0.1) is 0 Å². The molecule has 0 atom stereocenters. The molecule has 0 heterocycles. The zero-order valence-corrected chi connectivity index (χ0v) is 20.5. The molecule has 0 aromatic rings. The topological polar surface area (TPSA) is 0 Å². The van der Waals surface area contributed by atoms with Gasteiger partial charge in [0.25, 0.3) is 0 Å². The Morgan fingerprint density at radius 3 is 1.32 bits per heavy atom. The Morgan fingerprint density at radius 1 is 0.720 bits per heavy atom. The van der Waals surface area contributed by atoms with Gasteiger partial charge in [-0.2, -0.15) is 11.1 Å². The average Bonchev–Trinajstić information content (AvgIpc) is 3.20. The first-order chi connectivity index (χ1) is 10.7. The van der Waals surface area contributed by atoms with E-state index in [1.165, 1.54) is 73.7 Å². The first-order valence-corrected chi connectivity index (χ1v) is 9.34. The summed E-state index contributed by atoms with van der Waals surface area (Å²) in [5, 5.41) is 0. The van der Waals surface area contributed by atoms with Crippen molar-refractivity contribution in [1.82, 2.24) is 0 Å². The SMILES string of the molecule is CCCCC1=CCC(CC)=[C-]1.CCCCC1=CCC(CC)=[C-]1.[Cl-].[Cl-].[Zr+4]. The van der Waals surface area contributed by atoms with Crippen LogP contribution in [0.5, 0.6) is 0 Å². The van der Waals surface area contributed by atoms with E-state index in [4.69, 9.17) is 0 Å². The van der Waals surface area contributed by atoms with Crippen LogP contribution in [0, 0.1) is 12.2 Å². The smallest absolute Gasteiger partial charge is 1.00 e. The van der Waals surface area contributed by atoms with Crippen LogP contribution in [0.4, 0.5) is 0 Å². The summed E-state index contributed by atoms with van der Waals surface area (Å²) in [7, 11) is 0. The summed E-state index contributed by atoms with van der Waals surface area (Å²) in [6, 6.07) is 0. The standard InChI is InChI=1S/2C11H17.2ClH.Zr/c2*1-3-5-6-11-8-7-10(4-2)9-11;;;/h2*8H,3-7H2,1-2H3;2*1H;/q2*-1;;;+4/p-2. The van der Waals surface area contributed by atoms with Crippen LogP contribution in [0.25, 0.3) is 0 Å². The van der Waals surface area contributed by atoms with Gasteiger partial charge in [-0.3, -0.25) is 0 Å². The Morgan fingerprint density at radius 2 is 1.08 bits per heavy atom. The molecule has 0 unspecified atom stereocenters. The summed E-state index contributed by atoms with van der Waals surface area (Å²) in [4.78, 5) is 0. The van der Waals surface area contributed by atoms with Crippen LogP contribution < -0.4 is 24.8 Å². The van der Waals surface area contributed by atoms with Gasteiger partial charge in [-0.25, -0.2) is 35.5 Å². The Kier molecular flexibility index (Phi) is 23.2. The predicted octanol–water partition coefficient (Wildman–Crippen LogP) is 1.30. The van der Waals surface area contributed by atoms with Crippen LogP contribution in [0.1, 0.15) is 91.9 Å². The predicted molar refractivity (Wildman–Crippen MR) is 98.5 cm³/mol. The molecule has 0 amide bonds. The van der Waals surface area contributed by atoms with Crippen molar-refractivity contribution in [1.29, 1.82) is 0 Å². The van der Waals surface area contributed by atoms with Gasteiger partial charge in [-0.15, -0.1) is 0 Å². The molecule has 0 N–H and O–H groups in total. The van der Waals surface area contributed by atoms with E-state index in [2.05, 4.69) is 52.0 Å². The van der Waals surface area contributed by atoms with Crippen LogP contribution >= 0.6 is 0 Å². The van der Waals surface area contributed by atoms with E-state index in [9.17, 15) is 0 Å². The minimum atomic E-state index is 0. The van der Waals surface area contributed by atoms with Crippen molar-refractivity contribution in [2.24, 2.45) is 0 Å². The van der Waals surface area contributed by atoms with Crippen LogP contribution in [-0.4, -0.2) is 0 Å². The molecule has 25 heavy (non-hydrogen) atoms. The number of hydrogen-bond donors (Lipinski definition) is 0. The molecule has 0 fully saturated rings. The van der Waals surface area contributed by atoms with Crippen molar-refractivity contribution in [3.8, 4) is 0 Å². The minimum absolute atomic E-state index is 0. The maximum absolute atomic E-state index is 3.45. The fourth-order valence-corrected chi connectivity index (χ4v) is 2.68. The summed E-state index contributed by atoms with van der Waals surface area (Å²) in [5.74, 6) is 0. The quantitative estimate of drug-likeness (QED) is 0.479. The second-order valence-corrected chi connectivity index (χ2v) is 6.24. The number of halogens is 2. The van der Waals surface area contributed by atoms with Crippen molar-refractivity contribution in [3.63, 3.8) is 0 Å². The van der Waals surface area contributed by atoms with Gasteiger partial charge >= 0.3 is 26.2 Å². The average molecular weight is 461 g/mol.